The predicted molar refractivity (Wildman–Crippen MR) is 99.1 cm³/mol. The molecule has 1 saturated carbocycles. The van der Waals surface area contributed by atoms with Gasteiger partial charge in [0.1, 0.15) is 8.96 Å². The molecule has 2 aliphatic rings. The third-order valence-corrected chi connectivity index (χ3v) is 8.59. The third-order valence-electron chi connectivity index (χ3n) is 5.43. The van der Waals surface area contributed by atoms with Gasteiger partial charge in [-0.3, -0.25) is 0 Å². The second-order valence-corrected chi connectivity index (χ2v) is 9.81. The Kier molecular flexibility index (Phi) is 4.69. The maximum atomic E-state index is 2.91. The molecule has 2 unspecified atom stereocenters. The van der Waals surface area contributed by atoms with E-state index in [1.165, 1.54) is 37.7 Å². The van der Waals surface area contributed by atoms with Crippen LogP contribution < -0.4 is 5.19 Å². The van der Waals surface area contributed by atoms with Crippen molar-refractivity contribution in [3.8, 4) is 0 Å². The highest BCUT2D eigenvalue weighted by molar-refractivity contribution is 6.69. The number of benzene rings is 1. The summed E-state index contributed by atoms with van der Waals surface area (Å²) in [5.74, 6) is 0. The predicted octanol–water partition coefficient (Wildman–Crippen LogP) is 4.16. The highest BCUT2D eigenvalue weighted by atomic mass is 28.3. The molecule has 0 aromatic heterocycles. The molecule has 3 rings (SSSR count). The highest BCUT2D eigenvalue weighted by Gasteiger charge is 2.39. The first-order valence-electron chi connectivity index (χ1n) is 8.82. The molecule has 0 aliphatic heterocycles. The van der Waals surface area contributed by atoms with Crippen molar-refractivity contribution in [1.82, 2.24) is 4.57 Å². The summed E-state index contributed by atoms with van der Waals surface area (Å²) >= 11 is 0. The Bertz CT molecular complexity index is 556. The molecule has 0 heterocycles. The summed E-state index contributed by atoms with van der Waals surface area (Å²) in [4.78, 5) is 0. The monoisotopic (exact) mass is 311 g/mol. The van der Waals surface area contributed by atoms with Crippen LogP contribution in [0.25, 0.3) is 0 Å². The molecule has 1 aromatic carbocycles. The van der Waals surface area contributed by atoms with Gasteiger partial charge in [0, 0.05) is 11.6 Å². The number of nitrogens with zero attached hydrogens (tertiary/aromatic N) is 1. The molecule has 0 spiro atoms. The lowest BCUT2D eigenvalue weighted by molar-refractivity contribution is 0.193. The normalized spacial score (nSPS) is 27.2. The Labute approximate surface area is 137 Å². The molecule has 2 aliphatic carbocycles. The second-order valence-electron chi connectivity index (χ2n) is 7.23. The minimum atomic E-state index is -1.16. The lowest BCUT2D eigenvalue weighted by atomic mass is 9.92. The molecule has 1 aromatic rings. The number of hydrogen-bond acceptors (Lipinski definition) is 1. The molecule has 22 heavy (non-hydrogen) atoms. The lowest BCUT2D eigenvalue weighted by Crippen LogP contribution is -2.60. The first-order chi connectivity index (χ1) is 10.6. The standard InChI is InChI=1S/C20H29NSi/c1-17-14-15-20(2,16-17)21(18-10-6-4-7-11-18)22(3)19-12-8-5-9-13-19/h5,8-9,12-16,18,22H,4,6-7,10-11H2,1-3H3. The summed E-state index contributed by atoms with van der Waals surface area (Å²) in [5.41, 5.74) is 1.53. The first-order valence-corrected chi connectivity index (χ1v) is 11.1. The van der Waals surface area contributed by atoms with Crippen LogP contribution in [-0.2, 0) is 0 Å². The fourth-order valence-corrected chi connectivity index (χ4v) is 7.42. The van der Waals surface area contributed by atoms with Crippen LogP contribution in [0.15, 0.2) is 54.1 Å². The van der Waals surface area contributed by atoms with Crippen molar-refractivity contribution in [2.24, 2.45) is 0 Å². The minimum absolute atomic E-state index is 0.119. The van der Waals surface area contributed by atoms with Gasteiger partial charge in [0.15, 0.2) is 0 Å². The van der Waals surface area contributed by atoms with Gasteiger partial charge in [-0.15, -0.1) is 0 Å². The van der Waals surface area contributed by atoms with E-state index >= 15 is 0 Å². The molecule has 0 amide bonds. The van der Waals surface area contributed by atoms with Crippen molar-refractivity contribution in [1.29, 1.82) is 0 Å². The van der Waals surface area contributed by atoms with E-state index in [1.807, 2.05) is 0 Å². The minimum Gasteiger partial charge on any atom is -0.308 e. The third kappa shape index (κ3) is 3.13. The molecule has 2 atom stereocenters. The fraction of sp³-hybridized carbons (Fsp3) is 0.500. The van der Waals surface area contributed by atoms with Crippen molar-refractivity contribution in [3.63, 3.8) is 0 Å². The molecule has 0 bridgehead atoms. The van der Waals surface area contributed by atoms with Gasteiger partial charge in [-0.25, -0.2) is 0 Å². The van der Waals surface area contributed by atoms with Gasteiger partial charge in [-0.2, -0.15) is 0 Å². The van der Waals surface area contributed by atoms with Gasteiger partial charge in [0.25, 0.3) is 0 Å². The Balaban J connectivity index is 1.94. The van der Waals surface area contributed by atoms with Gasteiger partial charge < -0.3 is 4.57 Å². The van der Waals surface area contributed by atoms with E-state index in [0.29, 0.717) is 0 Å². The Morgan fingerprint density at radius 3 is 2.36 bits per heavy atom. The summed E-state index contributed by atoms with van der Waals surface area (Å²) in [6.45, 7) is 7.17. The van der Waals surface area contributed by atoms with Crippen LogP contribution in [0.4, 0.5) is 0 Å². The molecule has 1 fully saturated rings. The van der Waals surface area contributed by atoms with Crippen LogP contribution in [0.2, 0.25) is 6.55 Å². The summed E-state index contributed by atoms with van der Waals surface area (Å²) < 4.78 is 2.91. The van der Waals surface area contributed by atoms with E-state index < -0.39 is 8.96 Å². The van der Waals surface area contributed by atoms with Crippen LogP contribution in [0.5, 0.6) is 0 Å². The smallest absolute Gasteiger partial charge is 0.142 e. The zero-order valence-corrected chi connectivity index (χ0v) is 15.4. The maximum absolute atomic E-state index is 2.91. The van der Waals surface area contributed by atoms with Gasteiger partial charge in [-0.1, -0.05) is 79.9 Å². The quantitative estimate of drug-likeness (QED) is 0.755. The average Bonchev–Trinajstić information content (AvgIpc) is 2.89. The summed E-state index contributed by atoms with van der Waals surface area (Å²) in [5, 5.41) is 1.57. The molecule has 118 valence electrons. The number of hydrogen-bond donors (Lipinski definition) is 0. The van der Waals surface area contributed by atoms with Crippen molar-refractivity contribution in [2.45, 2.75) is 64.1 Å². The van der Waals surface area contributed by atoms with E-state index in [0.717, 1.165) is 6.04 Å². The van der Waals surface area contributed by atoms with Gasteiger partial charge in [0.05, 0.1) is 0 Å². The average molecular weight is 312 g/mol. The molecule has 0 radical (unpaired) electrons. The van der Waals surface area contributed by atoms with Crippen molar-refractivity contribution < 1.29 is 0 Å². The van der Waals surface area contributed by atoms with Crippen molar-refractivity contribution in [3.05, 3.63) is 54.1 Å². The van der Waals surface area contributed by atoms with Gasteiger partial charge >= 0.3 is 0 Å². The zero-order chi connectivity index (χ0) is 15.6. The second kappa shape index (κ2) is 6.55. The Morgan fingerprint density at radius 2 is 1.77 bits per heavy atom. The molecular weight excluding hydrogens is 282 g/mol. The van der Waals surface area contributed by atoms with E-state index in [-0.39, 0.29) is 5.54 Å². The Hall–Kier alpha value is -1.12. The van der Waals surface area contributed by atoms with Gasteiger partial charge in [0.2, 0.25) is 0 Å². The molecular formula is C20H29NSi. The largest absolute Gasteiger partial charge is 0.308 e. The first kappa shape index (κ1) is 15.8. The summed E-state index contributed by atoms with van der Waals surface area (Å²) in [6.07, 6.45) is 14.2. The van der Waals surface area contributed by atoms with Crippen LogP contribution in [0, 0.1) is 0 Å². The zero-order valence-electron chi connectivity index (χ0n) is 14.3. The van der Waals surface area contributed by atoms with Crippen LogP contribution in [-0.4, -0.2) is 25.1 Å². The van der Waals surface area contributed by atoms with E-state index in [1.54, 1.807) is 5.19 Å². The van der Waals surface area contributed by atoms with Crippen molar-refractivity contribution >= 4 is 14.1 Å². The van der Waals surface area contributed by atoms with Crippen LogP contribution >= 0.6 is 0 Å². The molecule has 2 heteroatoms. The SMILES string of the molecule is CC1=CC(C)(N(C2CCCCC2)[SiH](C)c2ccccc2)C=C1. The lowest BCUT2D eigenvalue weighted by Gasteiger charge is -2.47. The highest BCUT2D eigenvalue weighted by Crippen LogP contribution is 2.34. The summed E-state index contributed by atoms with van der Waals surface area (Å²) in [6, 6.07) is 12.0. The number of allylic oxidation sites excluding steroid dienone is 2. The van der Waals surface area contributed by atoms with E-state index in [4.69, 9.17) is 0 Å². The van der Waals surface area contributed by atoms with Gasteiger partial charge in [-0.05, 0) is 31.9 Å². The molecule has 1 nitrogen and oxygen atoms in total. The molecule has 0 saturated heterocycles. The van der Waals surface area contributed by atoms with E-state index in [2.05, 4.69) is 73.5 Å². The molecule has 0 N–H and O–H groups in total. The topological polar surface area (TPSA) is 3.24 Å². The van der Waals surface area contributed by atoms with Crippen LogP contribution in [0.1, 0.15) is 46.0 Å². The van der Waals surface area contributed by atoms with E-state index in [9.17, 15) is 0 Å². The van der Waals surface area contributed by atoms with Crippen molar-refractivity contribution in [2.75, 3.05) is 0 Å². The summed E-state index contributed by atoms with van der Waals surface area (Å²) in [7, 11) is -1.16. The fourth-order valence-electron chi connectivity index (χ4n) is 4.40. The maximum Gasteiger partial charge on any atom is 0.142 e. The Morgan fingerprint density at radius 1 is 1.09 bits per heavy atom. The number of rotatable bonds is 4. The van der Waals surface area contributed by atoms with Crippen LogP contribution in [0.3, 0.4) is 0 Å².